The number of aromatic nitrogens is 1. The molecule has 0 spiro atoms. The van der Waals surface area contributed by atoms with Crippen LogP contribution in [0.5, 0.6) is 0 Å². The summed E-state index contributed by atoms with van der Waals surface area (Å²) in [5.41, 5.74) is 0. The monoisotopic (exact) mass is 164 g/mol. The molecule has 0 aromatic carbocycles. The van der Waals surface area contributed by atoms with E-state index in [2.05, 4.69) is 0 Å². The molecule has 1 aliphatic heterocycles. The number of rotatable bonds is 1. The molecular weight excluding hydrogens is 156 g/mol. The standard InChI is InChI=1S/C8H8N2O2/c11-7-3-4-8(12)10(7)9-5-1-2-6-9/h1-2,5-6H,3-4H2. The van der Waals surface area contributed by atoms with E-state index in [-0.39, 0.29) is 11.8 Å². The first-order valence-electron chi connectivity index (χ1n) is 3.78. The van der Waals surface area contributed by atoms with E-state index >= 15 is 0 Å². The molecule has 1 aromatic heterocycles. The number of hydrogen-bond acceptors (Lipinski definition) is 2. The predicted molar refractivity (Wildman–Crippen MR) is 41.9 cm³/mol. The van der Waals surface area contributed by atoms with Crippen LogP contribution in [-0.2, 0) is 9.59 Å². The van der Waals surface area contributed by atoms with Gasteiger partial charge in [0.15, 0.2) is 0 Å². The highest BCUT2D eigenvalue weighted by Crippen LogP contribution is 2.10. The third-order valence-electron chi connectivity index (χ3n) is 1.84. The molecule has 0 unspecified atom stereocenters. The third kappa shape index (κ3) is 0.922. The van der Waals surface area contributed by atoms with Crippen molar-refractivity contribution in [3.8, 4) is 0 Å². The van der Waals surface area contributed by atoms with E-state index < -0.39 is 0 Å². The summed E-state index contributed by atoms with van der Waals surface area (Å²) in [6.07, 6.45) is 4.02. The minimum Gasteiger partial charge on any atom is -0.272 e. The normalized spacial score (nSPS) is 17.5. The van der Waals surface area contributed by atoms with Gasteiger partial charge in [-0.25, -0.2) is 0 Å². The summed E-state index contributed by atoms with van der Waals surface area (Å²) in [5, 5.41) is 1.17. The largest absolute Gasteiger partial charge is 0.272 e. The molecule has 2 heterocycles. The molecule has 12 heavy (non-hydrogen) atoms. The molecule has 0 N–H and O–H groups in total. The summed E-state index contributed by atoms with van der Waals surface area (Å²) < 4.78 is 1.51. The summed E-state index contributed by atoms with van der Waals surface area (Å²) in [7, 11) is 0. The summed E-state index contributed by atoms with van der Waals surface area (Å²) in [6.45, 7) is 0. The summed E-state index contributed by atoms with van der Waals surface area (Å²) in [4.78, 5) is 22.3. The van der Waals surface area contributed by atoms with Crippen LogP contribution in [0.4, 0.5) is 0 Å². The van der Waals surface area contributed by atoms with Gasteiger partial charge < -0.3 is 0 Å². The molecule has 1 aliphatic rings. The Labute approximate surface area is 69.4 Å². The Kier molecular flexibility index (Phi) is 1.46. The SMILES string of the molecule is O=C1CCC(=O)N1n1cccc1. The first-order chi connectivity index (χ1) is 5.79. The van der Waals surface area contributed by atoms with Gasteiger partial charge in [0.1, 0.15) is 0 Å². The Morgan fingerprint density at radius 1 is 1.00 bits per heavy atom. The van der Waals surface area contributed by atoms with E-state index in [1.165, 1.54) is 9.69 Å². The first-order valence-corrected chi connectivity index (χ1v) is 3.78. The smallest absolute Gasteiger partial charge is 0.249 e. The number of carbonyl (C=O) groups is 2. The molecule has 0 radical (unpaired) electrons. The maximum atomic E-state index is 11.2. The van der Waals surface area contributed by atoms with Gasteiger partial charge in [0.2, 0.25) is 11.8 Å². The van der Waals surface area contributed by atoms with Crippen LogP contribution < -0.4 is 5.01 Å². The number of imide groups is 1. The first kappa shape index (κ1) is 7.09. The van der Waals surface area contributed by atoms with E-state index in [4.69, 9.17) is 0 Å². The zero-order valence-electron chi connectivity index (χ0n) is 6.43. The van der Waals surface area contributed by atoms with E-state index in [1.807, 2.05) is 0 Å². The quantitative estimate of drug-likeness (QED) is 0.559. The molecule has 4 heteroatoms. The molecule has 2 rings (SSSR count). The maximum Gasteiger partial charge on any atom is 0.249 e. The van der Waals surface area contributed by atoms with Gasteiger partial charge in [-0.15, -0.1) is 0 Å². The van der Waals surface area contributed by atoms with Gasteiger partial charge in [0, 0.05) is 25.2 Å². The molecule has 1 fully saturated rings. The lowest BCUT2D eigenvalue weighted by Crippen LogP contribution is -2.38. The van der Waals surface area contributed by atoms with E-state index in [0.29, 0.717) is 12.8 Å². The molecular formula is C8H8N2O2. The van der Waals surface area contributed by atoms with Crippen molar-refractivity contribution in [1.82, 2.24) is 4.68 Å². The second kappa shape index (κ2) is 2.48. The molecule has 2 amide bonds. The van der Waals surface area contributed by atoms with Gasteiger partial charge in [0.25, 0.3) is 0 Å². The molecule has 1 saturated heterocycles. The number of amides is 2. The van der Waals surface area contributed by atoms with Crippen LogP contribution in [0.1, 0.15) is 12.8 Å². The zero-order valence-corrected chi connectivity index (χ0v) is 6.43. The highest BCUT2D eigenvalue weighted by atomic mass is 16.2. The predicted octanol–water partition coefficient (Wildman–Crippen LogP) is 0.273. The minimum absolute atomic E-state index is 0.129. The van der Waals surface area contributed by atoms with Gasteiger partial charge in [0.05, 0.1) is 0 Å². The van der Waals surface area contributed by atoms with Crippen LogP contribution in [0.2, 0.25) is 0 Å². The molecule has 0 aliphatic carbocycles. The van der Waals surface area contributed by atoms with E-state index in [0.717, 1.165) is 0 Å². The minimum atomic E-state index is -0.129. The lowest BCUT2D eigenvalue weighted by atomic mass is 10.4. The average molecular weight is 164 g/mol. The Morgan fingerprint density at radius 3 is 2.00 bits per heavy atom. The van der Waals surface area contributed by atoms with Gasteiger partial charge >= 0.3 is 0 Å². The molecule has 1 aromatic rings. The van der Waals surface area contributed by atoms with Gasteiger partial charge in [-0.2, -0.15) is 5.01 Å². The third-order valence-corrected chi connectivity index (χ3v) is 1.84. The van der Waals surface area contributed by atoms with Crippen LogP contribution >= 0.6 is 0 Å². The average Bonchev–Trinajstić information content (AvgIpc) is 2.61. The Bertz CT molecular complexity index is 300. The molecule has 0 atom stereocenters. The van der Waals surface area contributed by atoms with Crippen molar-refractivity contribution in [1.29, 1.82) is 0 Å². The van der Waals surface area contributed by atoms with Crippen LogP contribution in [0.15, 0.2) is 24.5 Å². The number of carbonyl (C=O) groups excluding carboxylic acids is 2. The molecule has 0 saturated carbocycles. The molecule has 4 nitrogen and oxygen atoms in total. The van der Waals surface area contributed by atoms with Crippen molar-refractivity contribution in [2.45, 2.75) is 12.8 Å². The van der Waals surface area contributed by atoms with E-state index in [9.17, 15) is 9.59 Å². The number of hydrogen-bond donors (Lipinski definition) is 0. The van der Waals surface area contributed by atoms with Crippen LogP contribution in [0.3, 0.4) is 0 Å². The van der Waals surface area contributed by atoms with Crippen molar-refractivity contribution in [2.75, 3.05) is 5.01 Å². The van der Waals surface area contributed by atoms with Crippen LogP contribution in [0, 0.1) is 0 Å². The summed E-state index contributed by atoms with van der Waals surface area (Å²) in [6, 6.07) is 3.55. The Morgan fingerprint density at radius 2 is 1.50 bits per heavy atom. The highest BCUT2D eigenvalue weighted by molar-refractivity contribution is 6.13. The summed E-state index contributed by atoms with van der Waals surface area (Å²) >= 11 is 0. The number of nitrogens with zero attached hydrogens (tertiary/aromatic N) is 2. The Balaban J connectivity index is 2.34. The van der Waals surface area contributed by atoms with Crippen molar-refractivity contribution >= 4 is 11.8 Å². The van der Waals surface area contributed by atoms with Crippen molar-refractivity contribution < 1.29 is 9.59 Å². The van der Waals surface area contributed by atoms with Crippen LogP contribution in [0.25, 0.3) is 0 Å². The van der Waals surface area contributed by atoms with Crippen molar-refractivity contribution in [3.05, 3.63) is 24.5 Å². The topological polar surface area (TPSA) is 42.3 Å². The fourth-order valence-corrected chi connectivity index (χ4v) is 1.28. The fraction of sp³-hybridized carbons (Fsp3) is 0.250. The second-order valence-electron chi connectivity index (χ2n) is 2.66. The maximum absolute atomic E-state index is 11.2. The fourth-order valence-electron chi connectivity index (χ4n) is 1.28. The van der Waals surface area contributed by atoms with Crippen molar-refractivity contribution in [3.63, 3.8) is 0 Å². The second-order valence-corrected chi connectivity index (χ2v) is 2.66. The van der Waals surface area contributed by atoms with Gasteiger partial charge in [-0.05, 0) is 12.1 Å². The lowest BCUT2D eigenvalue weighted by molar-refractivity contribution is -0.123. The van der Waals surface area contributed by atoms with Gasteiger partial charge in [-0.3, -0.25) is 14.3 Å². The molecule has 0 bridgehead atoms. The van der Waals surface area contributed by atoms with Crippen molar-refractivity contribution in [2.24, 2.45) is 0 Å². The van der Waals surface area contributed by atoms with E-state index in [1.54, 1.807) is 24.5 Å². The lowest BCUT2D eigenvalue weighted by Gasteiger charge is -2.13. The summed E-state index contributed by atoms with van der Waals surface area (Å²) in [5.74, 6) is -0.257. The Hall–Kier alpha value is -1.58. The zero-order chi connectivity index (χ0) is 8.55. The van der Waals surface area contributed by atoms with Crippen LogP contribution in [-0.4, -0.2) is 16.5 Å². The van der Waals surface area contributed by atoms with Gasteiger partial charge in [-0.1, -0.05) is 0 Å². The molecule has 62 valence electrons. The highest BCUT2D eigenvalue weighted by Gasteiger charge is 2.29.